The van der Waals surface area contributed by atoms with Crippen LogP contribution in [0, 0.1) is 12.8 Å². The Hall–Kier alpha value is -3.03. The second-order valence-electron chi connectivity index (χ2n) is 9.30. The number of nitrogens with zero attached hydrogens (tertiary/aromatic N) is 2. The number of nitrogens with one attached hydrogen (secondary N) is 2. The lowest BCUT2D eigenvalue weighted by Crippen LogP contribution is -2.39. The highest BCUT2D eigenvalue weighted by molar-refractivity contribution is 8.01. The lowest BCUT2D eigenvalue weighted by atomic mass is 9.91. The van der Waals surface area contributed by atoms with Crippen molar-refractivity contribution >= 4 is 35.1 Å². The molecule has 12 heteroatoms. The van der Waals surface area contributed by atoms with E-state index in [9.17, 15) is 14.7 Å². The third-order valence-corrected chi connectivity index (χ3v) is 8.47. The molecule has 0 saturated carbocycles. The maximum absolute atomic E-state index is 12.0. The maximum Gasteiger partial charge on any atom is 0.325 e. The van der Waals surface area contributed by atoms with Gasteiger partial charge in [0.15, 0.2) is 10.6 Å². The van der Waals surface area contributed by atoms with Gasteiger partial charge >= 0.3 is 12.0 Å². The third kappa shape index (κ3) is 8.24. The van der Waals surface area contributed by atoms with Crippen LogP contribution >= 0.6 is 23.1 Å². The number of urea groups is 1. The minimum atomic E-state index is -0.588. The molecule has 1 aromatic heterocycles. The van der Waals surface area contributed by atoms with Crippen molar-refractivity contribution in [3.05, 3.63) is 75.8 Å². The van der Waals surface area contributed by atoms with Gasteiger partial charge in [0.25, 0.3) is 0 Å². The second kappa shape index (κ2) is 14.6. The third-order valence-electron chi connectivity index (χ3n) is 6.41. The van der Waals surface area contributed by atoms with Crippen molar-refractivity contribution in [2.75, 3.05) is 18.9 Å². The van der Waals surface area contributed by atoms with Crippen LogP contribution in [0.3, 0.4) is 0 Å². The van der Waals surface area contributed by atoms with Crippen LogP contribution in [0.15, 0.2) is 52.9 Å². The average molecular weight is 587 g/mol. The lowest BCUT2D eigenvalue weighted by Gasteiger charge is -2.41. The first-order valence-electron chi connectivity index (χ1n) is 13.1. The van der Waals surface area contributed by atoms with E-state index in [1.807, 2.05) is 55.5 Å². The highest BCUT2D eigenvalue weighted by Crippen LogP contribution is 2.43. The molecule has 1 saturated heterocycles. The van der Waals surface area contributed by atoms with Crippen molar-refractivity contribution in [3.8, 4) is 0 Å². The summed E-state index contributed by atoms with van der Waals surface area (Å²) in [7, 11) is 0. The molecule has 1 aliphatic rings. The van der Waals surface area contributed by atoms with E-state index in [1.54, 1.807) is 30.0 Å². The van der Waals surface area contributed by atoms with Crippen LogP contribution in [-0.4, -0.2) is 52.3 Å². The van der Waals surface area contributed by atoms with Gasteiger partial charge in [-0.1, -0.05) is 78.6 Å². The smallest absolute Gasteiger partial charge is 0.325 e. The Kier molecular flexibility index (Phi) is 10.9. The Morgan fingerprint density at radius 3 is 2.38 bits per heavy atom. The van der Waals surface area contributed by atoms with Crippen LogP contribution in [0.5, 0.6) is 0 Å². The van der Waals surface area contributed by atoms with E-state index in [2.05, 4.69) is 27.8 Å². The molecule has 1 fully saturated rings. The molecule has 2 heterocycles. The monoisotopic (exact) mass is 586 g/mol. The number of rotatable bonds is 11. The van der Waals surface area contributed by atoms with E-state index in [1.165, 1.54) is 0 Å². The molecule has 10 nitrogen and oxygen atoms in total. The van der Waals surface area contributed by atoms with Gasteiger partial charge in [0, 0.05) is 23.8 Å². The van der Waals surface area contributed by atoms with E-state index >= 15 is 0 Å². The molecule has 4 rings (SSSR count). The minimum Gasteiger partial charge on any atom is -0.465 e. The highest BCUT2D eigenvalue weighted by atomic mass is 32.2. The topological polar surface area (TPSA) is 132 Å². The number of ether oxygens (including phenoxy) is 3. The van der Waals surface area contributed by atoms with Crippen molar-refractivity contribution < 1.29 is 28.9 Å². The number of carbonyl (C=O) groups excluding carboxylic acids is 2. The summed E-state index contributed by atoms with van der Waals surface area (Å²) in [5.74, 6) is 0.278. The van der Waals surface area contributed by atoms with E-state index in [0.717, 1.165) is 31.6 Å². The lowest BCUT2D eigenvalue weighted by molar-refractivity contribution is -0.268. The molecule has 40 heavy (non-hydrogen) atoms. The second-order valence-corrected chi connectivity index (χ2v) is 11.8. The fraction of sp³-hybridized carbons (Fsp3) is 0.429. The predicted molar refractivity (Wildman–Crippen MR) is 152 cm³/mol. The molecule has 0 aliphatic carbocycles. The van der Waals surface area contributed by atoms with Gasteiger partial charge in [-0.15, -0.1) is 10.2 Å². The quantitative estimate of drug-likeness (QED) is 0.222. The molecule has 4 atom stereocenters. The Labute approximate surface area is 241 Å². The Morgan fingerprint density at radius 1 is 1.02 bits per heavy atom. The number of benzene rings is 2. The number of hydrogen-bond acceptors (Lipinski definition) is 10. The summed E-state index contributed by atoms with van der Waals surface area (Å²) in [5.41, 5.74) is 3.61. The maximum atomic E-state index is 12.0. The standard InChI is InChI=1S/C28H34N4O6S2/c1-4-36-24(34)14-30-27(35)29-13-19-5-11-22(12-6-19)26-37-23(16-39-28-32-31-18(3)40-28)17(2)25(38-26)21-9-7-20(15-33)8-10-21/h5-12,17,23,25-26,33H,4,13-16H2,1-3H3,(H2,29,30,35)/t17-,23+,25+,26+/m0/s1. The van der Waals surface area contributed by atoms with Crippen molar-refractivity contribution in [1.82, 2.24) is 20.8 Å². The first-order chi connectivity index (χ1) is 19.4. The number of hydrogen-bond donors (Lipinski definition) is 3. The summed E-state index contributed by atoms with van der Waals surface area (Å²) in [6, 6.07) is 15.0. The first-order valence-corrected chi connectivity index (χ1v) is 14.9. The predicted octanol–water partition coefficient (Wildman–Crippen LogP) is 4.28. The first kappa shape index (κ1) is 29.9. The zero-order valence-electron chi connectivity index (χ0n) is 22.7. The minimum absolute atomic E-state index is 0.0120. The number of amides is 2. The van der Waals surface area contributed by atoms with Crippen molar-refractivity contribution in [2.45, 2.75) is 56.8 Å². The van der Waals surface area contributed by atoms with Crippen LogP contribution in [0.4, 0.5) is 4.79 Å². The summed E-state index contributed by atoms with van der Waals surface area (Å²) < 4.78 is 18.7. The van der Waals surface area contributed by atoms with Gasteiger partial charge in [-0.25, -0.2) is 4.79 Å². The number of aliphatic hydroxyl groups excluding tert-OH is 1. The fourth-order valence-electron chi connectivity index (χ4n) is 4.20. The number of thioether (sulfide) groups is 1. The summed E-state index contributed by atoms with van der Waals surface area (Å²) in [6.45, 7) is 6.13. The molecule has 3 aromatic rings. The molecule has 0 radical (unpaired) electrons. The van der Waals surface area contributed by atoms with E-state index < -0.39 is 18.3 Å². The van der Waals surface area contributed by atoms with Gasteiger partial charge < -0.3 is 30.0 Å². The van der Waals surface area contributed by atoms with Crippen LogP contribution in [0.25, 0.3) is 0 Å². The number of aromatic nitrogens is 2. The number of carbonyl (C=O) groups is 2. The van der Waals surface area contributed by atoms with E-state index in [-0.39, 0.29) is 37.9 Å². The Balaban J connectivity index is 1.42. The van der Waals surface area contributed by atoms with Crippen LogP contribution in [-0.2, 0) is 32.2 Å². The average Bonchev–Trinajstić information content (AvgIpc) is 3.39. The zero-order chi connectivity index (χ0) is 28.5. The van der Waals surface area contributed by atoms with E-state index in [0.29, 0.717) is 12.3 Å². The molecular formula is C28H34N4O6S2. The van der Waals surface area contributed by atoms with E-state index in [4.69, 9.17) is 14.2 Å². The largest absolute Gasteiger partial charge is 0.465 e. The molecule has 2 amide bonds. The van der Waals surface area contributed by atoms with Crippen LogP contribution in [0.1, 0.15) is 53.5 Å². The molecule has 1 aliphatic heterocycles. The molecule has 0 spiro atoms. The molecular weight excluding hydrogens is 552 g/mol. The van der Waals surface area contributed by atoms with Gasteiger partial charge in [-0.05, 0) is 30.5 Å². The van der Waals surface area contributed by atoms with Crippen molar-refractivity contribution in [3.63, 3.8) is 0 Å². The number of aliphatic hydroxyl groups is 1. The highest BCUT2D eigenvalue weighted by Gasteiger charge is 2.38. The van der Waals surface area contributed by atoms with Gasteiger partial charge in [-0.2, -0.15) is 0 Å². The Morgan fingerprint density at radius 2 is 1.73 bits per heavy atom. The van der Waals surface area contributed by atoms with Crippen molar-refractivity contribution in [2.24, 2.45) is 5.92 Å². The van der Waals surface area contributed by atoms with Crippen LogP contribution < -0.4 is 10.6 Å². The summed E-state index contributed by atoms with van der Waals surface area (Å²) >= 11 is 3.19. The SMILES string of the molecule is CCOC(=O)CNC(=O)NCc1ccc([C@@H]2O[C@H](CSc3nnc(C)s3)[C@H](C)[C@H](c3ccc(CO)cc3)O2)cc1. The molecule has 3 N–H and O–H groups in total. The summed E-state index contributed by atoms with van der Waals surface area (Å²) in [6.07, 6.45) is -0.909. The number of esters is 1. The Bertz CT molecular complexity index is 1250. The fourth-order valence-corrected chi connectivity index (χ4v) is 6.21. The van der Waals surface area contributed by atoms with Gasteiger partial charge in [0.2, 0.25) is 0 Å². The van der Waals surface area contributed by atoms with Gasteiger partial charge in [0.05, 0.1) is 25.4 Å². The normalized spacial score (nSPS) is 20.6. The summed E-state index contributed by atoms with van der Waals surface area (Å²) in [4.78, 5) is 23.4. The molecule has 214 valence electrons. The summed E-state index contributed by atoms with van der Waals surface area (Å²) in [5, 5.41) is 23.9. The number of aryl methyl sites for hydroxylation is 1. The van der Waals surface area contributed by atoms with Gasteiger partial charge in [0.1, 0.15) is 11.6 Å². The van der Waals surface area contributed by atoms with Crippen LogP contribution in [0.2, 0.25) is 0 Å². The zero-order valence-corrected chi connectivity index (χ0v) is 24.3. The van der Waals surface area contributed by atoms with Gasteiger partial charge in [-0.3, -0.25) is 4.79 Å². The molecule has 0 unspecified atom stereocenters. The molecule has 2 aromatic carbocycles. The molecule has 0 bridgehead atoms. The van der Waals surface area contributed by atoms with Crippen molar-refractivity contribution in [1.29, 1.82) is 0 Å².